The molecule has 0 amide bonds. The minimum absolute atomic E-state index is 0. The molecule has 0 aliphatic heterocycles. The van der Waals surface area contributed by atoms with Gasteiger partial charge in [-0.2, -0.15) is 21.9 Å². The first-order valence-corrected chi connectivity index (χ1v) is 9.55. The molecule has 2 N–H and O–H groups in total. The van der Waals surface area contributed by atoms with E-state index in [2.05, 4.69) is 121 Å². The van der Waals surface area contributed by atoms with Crippen molar-refractivity contribution < 1.29 is 74.2 Å². The van der Waals surface area contributed by atoms with Gasteiger partial charge in [-0.05, 0) is 0 Å². The van der Waals surface area contributed by atoms with Gasteiger partial charge in [0.15, 0.2) is 0 Å². The number of hydrogen-bond acceptors (Lipinski definition) is 3. The second kappa shape index (κ2) is 14.1. The second-order valence-corrected chi connectivity index (χ2v) is 6.84. The summed E-state index contributed by atoms with van der Waals surface area (Å²) in [5, 5.41) is 22.8. The summed E-state index contributed by atoms with van der Waals surface area (Å²) in [6, 6.07) is 43.5. The number of hydrogen-bond donors (Lipinski definition) is 2. The van der Waals surface area contributed by atoms with E-state index in [4.69, 9.17) is 15.1 Å². The van der Waals surface area contributed by atoms with Crippen LogP contribution in [0.4, 0.5) is 0 Å². The van der Waals surface area contributed by atoms with E-state index in [-0.39, 0.29) is 59.1 Å². The van der Waals surface area contributed by atoms with Gasteiger partial charge in [-0.3, -0.25) is 0 Å². The van der Waals surface area contributed by atoms with Gasteiger partial charge in [-0.15, -0.1) is 0 Å². The molecule has 0 unspecified atom stereocenters. The van der Waals surface area contributed by atoms with Crippen molar-refractivity contribution >= 4 is 35.3 Å². The van der Waals surface area contributed by atoms with Gasteiger partial charge in [0.2, 0.25) is 0 Å². The molecule has 7 heteroatoms. The maximum Gasteiger partial charge on any atom is 1.00 e. The number of benzene rings is 4. The molecule has 0 heterocycles. The molecule has 0 aliphatic rings. The molecule has 3 nitrogen and oxygen atoms in total. The Morgan fingerprint density at radius 1 is 0.452 bits per heavy atom. The Balaban J connectivity index is 0.000000741. The van der Waals surface area contributed by atoms with Crippen molar-refractivity contribution in [1.29, 1.82) is 0 Å². The van der Waals surface area contributed by atoms with Crippen molar-refractivity contribution in [3.63, 3.8) is 0 Å². The molecule has 0 aromatic heterocycles. The molecule has 0 bridgehead atoms. The van der Waals surface area contributed by atoms with Crippen LogP contribution in [0.2, 0.25) is 0 Å². The molecular formula is C24H22B2Na2O3. The van der Waals surface area contributed by atoms with Crippen LogP contribution in [-0.4, -0.2) is 23.5 Å². The summed E-state index contributed by atoms with van der Waals surface area (Å²) in [6.07, 6.45) is -1.22. The molecule has 0 radical (unpaired) electrons. The third kappa shape index (κ3) is 6.93. The van der Waals surface area contributed by atoms with Crippen molar-refractivity contribution in [2.24, 2.45) is 0 Å². The minimum Gasteiger partial charge on any atom is -0.832 e. The molecule has 0 aliphatic carbocycles. The van der Waals surface area contributed by atoms with Crippen molar-refractivity contribution in [3.8, 4) is 0 Å². The van der Waals surface area contributed by atoms with E-state index in [0.717, 1.165) is 0 Å². The predicted molar refractivity (Wildman–Crippen MR) is 120 cm³/mol. The van der Waals surface area contributed by atoms with Gasteiger partial charge in [0.25, 0.3) is 0 Å². The van der Waals surface area contributed by atoms with Gasteiger partial charge < -0.3 is 15.1 Å². The van der Waals surface area contributed by atoms with E-state index >= 15 is 0 Å². The van der Waals surface area contributed by atoms with E-state index in [9.17, 15) is 0 Å². The standard InChI is InChI=1S/C24H20B.BH2O3.2Na/c1-5-13-21(14-6-1)25(22-15-7-2-8-16-22,23-17-9-3-10-18-23)24-19-11-4-12-20-24;2-1(3)4;;/h1-20H;2-3H;;/q2*-1;2*+1. The molecule has 0 atom stereocenters. The van der Waals surface area contributed by atoms with E-state index in [0.29, 0.717) is 0 Å². The summed E-state index contributed by atoms with van der Waals surface area (Å²) < 4.78 is 0. The zero-order valence-corrected chi connectivity index (χ0v) is 22.0. The van der Waals surface area contributed by atoms with Crippen LogP contribution in [0.25, 0.3) is 0 Å². The molecule has 0 saturated heterocycles. The van der Waals surface area contributed by atoms with Gasteiger partial charge >= 0.3 is 66.4 Å². The third-order valence-electron chi connectivity index (χ3n) is 5.20. The van der Waals surface area contributed by atoms with Crippen LogP contribution in [0.15, 0.2) is 121 Å². The summed E-state index contributed by atoms with van der Waals surface area (Å²) in [5.41, 5.74) is 5.36. The summed E-state index contributed by atoms with van der Waals surface area (Å²) in [7, 11) is -2.42. The quantitative estimate of drug-likeness (QED) is 0.320. The summed E-state index contributed by atoms with van der Waals surface area (Å²) in [6.45, 7) is 0. The van der Waals surface area contributed by atoms with Crippen LogP contribution in [0.3, 0.4) is 0 Å². The second-order valence-electron chi connectivity index (χ2n) is 6.84. The zero-order valence-electron chi connectivity index (χ0n) is 18.0. The topological polar surface area (TPSA) is 63.5 Å². The smallest absolute Gasteiger partial charge is 0.832 e. The van der Waals surface area contributed by atoms with Gasteiger partial charge in [-0.1, -0.05) is 121 Å². The molecule has 0 saturated carbocycles. The Morgan fingerprint density at radius 2 is 0.613 bits per heavy atom. The van der Waals surface area contributed by atoms with Crippen LogP contribution < -0.4 is 86.0 Å². The van der Waals surface area contributed by atoms with Crippen molar-refractivity contribution in [2.45, 2.75) is 0 Å². The Kier molecular flexibility index (Phi) is 12.7. The van der Waals surface area contributed by atoms with Crippen LogP contribution in [0.5, 0.6) is 0 Å². The maximum absolute atomic E-state index is 8.64. The Hall–Kier alpha value is -1.11. The minimum atomic E-state index is -2.42. The molecular weight excluding hydrogens is 404 g/mol. The zero-order chi connectivity index (χ0) is 20.5. The average molecular weight is 426 g/mol. The van der Waals surface area contributed by atoms with Crippen molar-refractivity contribution in [2.75, 3.05) is 0 Å². The Labute approximate surface area is 228 Å². The number of rotatable bonds is 4. The fourth-order valence-electron chi connectivity index (χ4n) is 4.12. The van der Waals surface area contributed by atoms with E-state index in [1.807, 2.05) is 0 Å². The molecule has 0 fully saturated rings. The van der Waals surface area contributed by atoms with E-state index in [1.165, 1.54) is 21.9 Å². The van der Waals surface area contributed by atoms with Crippen LogP contribution in [0, 0.1) is 0 Å². The normalized spacial score (nSPS) is 9.90. The Morgan fingerprint density at radius 3 is 0.774 bits per heavy atom. The summed E-state index contributed by atoms with van der Waals surface area (Å²) in [5.74, 6) is 0. The first-order chi connectivity index (χ1) is 14.2. The predicted octanol–water partition coefficient (Wildman–Crippen LogP) is -5.61. The van der Waals surface area contributed by atoms with Gasteiger partial charge in [0.05, 0.1) is 0 Å². The Bertz CT molecular complexity index is 824. The monoisotopic (exact) mass is 426 g/mol. The third-order valence-corrected chi connectivity index (χ3v) is 5.20. The van der Waals surface area contributed by atoms with Crippen LogP contribution >= 0.6 is 0 Å². The summed E-state index contributed by atoms with van der Waals surface area (Å²) in [4.78, 5) is 0. The molecule has 4 aromatic carbocycles. The van der Waals surface area contributed by atoms with Gasteiger partial charge in [0, 0.05) is 0 Å². The fourth-order valence-corrected chi connectivity index (χ4v) is 4.12. The molecule has 0 spiro atoms. The van der Waals surface area contributed by atoms with E-state index in [1.54, 1.807) is 0 Å². The van der Waals surface area contributed by atoms with Crippen LogP contribution in [-0.2, 0) is 0 Å². The first kappa shape index (κ1) is 27.9. The molecule has 144 valence electrons. The fraction of sp³-hybridized carbons (Fsp3) is 0. The molecule has 4 aromatic rings. The van der Waals surface area contributed by atoms with Gasteiger partial charge in [-0.25, -0.2) is 0 Å². The average Bonchev–Trinajstić information content (AvgIpc) is 2.77. The molecule has 4 rings (SSSR count). The van der Waals surface area contributed by atoms with E-state index < -0.39 is 13.5 Å². The first-order valence-electron chi connectivity index (χ1n) is 9.55. The van der Waals surface area contributed by atoms with Crippen molar-refractivity contribution in [1.82, 2.24) is 0 Å². The van der Waals surface area contributed by atoms with Crippen LogP contribution in [0.1, 0.15) is 0 Å². The summed E-state index contributed by atoms with van der Waals surface area (Å²) >= 11 is 0. The largest absolute Gasteiger partial charge is 1.00 e. The van der Waals surface area contributed by atoms with Gasteiger partial charge in [0.1, 0.15) is 6.15 Å². The maximum atomic E-state index is 8.64. The van der Waals surface area contributed by atoms with Crippen molar-refractivity contribution in [3.05, 3.63) is 121 Å². The molecule has 31 heavy (non-hydrogen) atoms. The SMILES string of the molecule is [Na+].[Na+].[O-]B(O)O.c1ccc([B-](c2ccccc2)(c2ccccc2)c2ccccc2)cc1.